The second-order valence-corrected chi connectivity index (χ2v) is 7.59. The lowest BCUT2D eigenvalue weighted by atomic mass is 9.77. The molecular weight excluding hydrogens is 420 g/mol. The van der Waals surface area contributed by atoms with E-state index in [9.17, 15) is 9.90 Å². The molecule has 3 rings (SSSR count). The van der Waals surface area contributed by atoms with Gasteiger partial charge in [0.25, 0.3) is 0 Å². The highest BCUT2D eigenvalue weighted by molar-refractivity contribution is 9.10. The Kier molecular flexibility index (Phi) is 6.30. The van der Waals surface area contributed by atoms with Crippen LogP contribution in [0.5, 0.6) is 11.5 Å². The standard InChI is InChI=1S/C19H25BrO7/c1-3-24-17(21)16(27-15-13(20)5-4-6-14(15)23-2)18(22)7-9-19(10-8-18)25-11-12-26-19/h4-6,16,22H,3,7-12H2,1-2H3. The van der Waals surface area contributed by atoms with Crippen molar-refractivity contribution in [1.82, 2.24) is 0 Å². The maximum atomic E-state index is 12.6. The van der Waals surface area contributed by atoms with Crippen molar-refractivity contribution in [2.75, 3.05) is 26.9 Å². The van der Waals surface area contributed by atoms with Crippen molar-refractivity contribution in [2.45, 2.75) is 50.1 Å². The van der Waals surface area contributed by atoms with Gasteiger partial charge in [-0.3, -0.25) is 0 Å². The number of benzene rings is 1. The second kappa shape index (κ2) is 8.34. The summed E-state index contributed by atoms with van der Waals surface area (Å²) in [6, 6.07) is 5.30. The Morgan fingerprint density at radius 3 is 2.52 bits per heavy atom. The Hall–Kier alpha value is -1.35. The van der Waals surface area contributed by atoms with E-state index in [1.165, 1.54) is 7.11 Å². The average molecular weight is 445 g/mol. The van der Waals surface area contributed by atoms with Gasteiger partial charge < -0.3 is 28.8 Å². The van der Waals surface area contributed by atoms with Crippen LogP contribution in [-0.2, 0) is 19.0 Å². The Bertz CT molecular complexity index is 662. The highest BCUT2D eigenvalue weighted by atomic mass is 79.9. The van der Waals surface area contributed by atoms with Gasteiger partial charge in [0.2, 0.25) is 6.10 Å². The van der Waals surface area contributed by atoms with Gasteiger partial charge in [-0.2, -0.15) is 0 Å². The van der Waals surface area contributed by atoms with Gasteiger partial charge in [-0.15, -0.1) is 0 Å². The number of hydrogen-bond acceptors (Lipinski definition) is 7. The molecule has 1 saturated heterocycles. The van der Waals surface area contributed by atoms with E-state index >= 15 is 0 Å². The summed E-state index contributed by atoms with van der Waals surface area (Å²) in [5.74, 6) is -0.463. The van der Waals surface area contributed by atoms with E-state index in [0.29, 0.717) is 54.9 Å². The van der Waals surface area contributed by atoms with Gasteiger partial charge in [0.1, 0.15) is 5.60 Å². The summed E-state index contributed by atoms with van der Waals surface area (Å²) in [6.07, 6.45) is 0.363. The first-order chi connectivity index (χ1) is 12.9. The third kappa shape index (κ3) is 4.23. The zero-order chi connectivity index (χ0) is 19.5. The fourth-order valence-electron chi connectivity index (χ4n) is 3.59. The molecule has 1 aliphatic heterocycles. The van der Waals surface area contributed by atoms with Crippen molar-refractivity contribution < 1.29 is 33.6 Å². The van der Waals surface area contributed by atoms with Crippen molar-refractivity contribution in [3.05, 3.63) is 22.7 Å². The van der Waals surface area contributed by atoms with Gasteiger partial charge >= 0.3 is 5.97 Å². The normalized spacial score (nSPS) is 21.6. The summed E-state index contributed by atoms with van der Waals surface area (Å²) in [5, 5.41) is 11.3. The largest absolute Gasteiger partial charge is 0.493 e. The lowest BCUT2D eigenvalue weighted by molar-refractivity contribution is -0.218. The average Bonchev–Trinajstić information content (AvgIpc) is 3.12. The van der Waals surface area contributed by atoms with Crippen molar-refractivity contribution in [3.8, 4) is 11.5 Å². The summed E-state index contributed by atoms with van der Waals surface area (Å²) >= 11 is 3.42. The van der Waals surface area contributed by atoms with Crippen molar-refractivity contribution in [3.63, 3.8) is 0 Å². The van der Waals surface area contributed by atoms with Crippen molar-refractivity contribution in [2.24, 2.45) is 0 Å². The first-order valence-electron chi connectivity index (χ1n) is 9.09. The van der Waals surface area contributed by atoms with Crippen LogP contribution in [0.3, 0.4) is 0 Å². The third-order valence-electron chi connectivity index (χ3n) is 5.07. The quantitative estimate of drug-likeness (QED) is 0.675. The molecule has 2 aliphatic rings. The van der Waals surface area contributed by atoms with Crippen LogP contribution in [0.2, 0.25) is 0 Å². The molecule has 1 heterocycles. The van der Waals surface area contributed by atoms with E-state index in [-0.39, 0.29) is 6.61 Å². The molecule has 1 spiro atoms. The molecule has 8 heteroatoms. The predicted molar refractivity (Wildman–Crippen MR) is 99.8 cm³/mol. The summed E-state index contributed by atoms with van der Waals surface area (Å²) in [4.78, 5) is 12.6. The summed E-state index contributed by atoms with van der Waals surface area (Å²) in [6.45, 7) is 3.00. The molecule has 2 fully saturated rings. The van der Waals surface area contributed by atoms with Crippen LogP contribution < -0.4 is 9.47 Å². The molecule has 1 atom stereocenters. The smallest absolute Gasteiger partial charge is 0.350 e. The molecule has 1 N–H and O–H groups in total. The number of halogens is 1. The SMILES string of the molecule is CCOC(=O)C(Oc1c(Br)cccc1OC)C1(O)CCC2(CC1)OCCO2. The molecule has 150 valence electrons. The maximum absolute atomic E-state index is 12.6. The van der Waals surface area contributed by atoms with E-state index in [4.69, 9.17) is 23.7 Å². The highest BCUT2D eigenvalue weighted by Gasteiger charge is 2.52. The number of carbonyl (C=O) groups is 1. The van der Waals surface area contributed by atoms with Gasteiger partial charge in [0.05, 0.1) is 31.4 Å². The van der Waals surface area contributed by atoms with E-state index < -0.39 is 23.5 Å². The first-order valence-corrected chi connectivity index (χ1v) is 9.88. The second-order valence-electron chi connectivity index (χ2n) is 6.73. The Morgan fingerprint density at radius 2 is 1.93 bits per heavy atom. The van der Waals surface area contributed by atoms with E-state index in [1.54, 1.807) is 25.1 Å². The number of methoxy groups -OCH3 is 1. The topological polar surface area (TPSA) is 83.5 Å². The number of esters is 1. The van der Waals surface area contributed by atoms with E-state index in [1.807, 2.05) is 0 Å². The fraction of sp³-hybridized carbons (Fsp3) is 0.632. The van der Waals surface area contributed by atoms with Gasteiger partial charge in [-0.1, -0.05) is 6.07 Å². The summed E-state index contributed by atoms with van der Waals surface area (Å²) < 4.78 is 28.6. The molecule has 27 heavy (non-hydrogen) atoms. The fourth-order valence-corrected chi connectivity index (χ4v) is 4.03. The molecule has 0 bridgehead atoms. The van der Waals surface area contributed by atoms with Gasteiger partial charge in [-0.25, -0.2) is 4.79 Å². The van der Waals surface area contributed by atoms with Crippen molar-refractivity contribution in [1.29, 1.82) is 0 Å². The lowest BCUT2D eigenvalue weighted by Crippen LogP contribution is -2.56. The molecule has 7 nitrogen and oxygen atoms in total. The first kappa shape index (κ1) is 20.4. The Balaban J connectivity index is 1.85. The summed E-state index contributed by atoms with van der Waals surface area (Å²) in [5.41, 5.74) is -1.40. The molecule has 0 radical (unpaired) electrons. The van der Waals surface area contributed by atoms with Gasteiger partial charge in [-0.05, 0) is 47.8 Å². The van der Waals surface area contributed by atoms with Gasteiger partial charge in [0.15, 0.2) is 17.3 Å². The molecule has 1 unspecified atom stereocenters. The third-order valence-corrected chi connectivity index (χ3v) is 5.69. The molecular formula is C19H25BrO7. The maximum Gasteiger partial charge on any atom is 0.350 e. The number of carbonyl (C=O) groups excluding carboxylic acids is 1. The van der Waals surface area contributed by atoms with Crippen LogP contribution in [0, 0.1) is 0 Å². The van der Waals surface area contributed by atoms with E-state index in [2.05, 4.69) is 15.9 Å². The Morgan fingerprint density at radius 1 is 1.26 bits per heavy atom. The molecule has 1 aliphatic carbocycles. The molecule has 1 saturated carbocycles. The number of rotatable bonds is 6. The van der Waals surface area contributed by atoms with E-state index in [0.717, 1.165) is 0 Å². The summed E-state index contributed by atoms with van der Waals surface area (Å²) in [7, 11) is 1.52. The molecule has 1 aromatic carbocycles. The molecule has 1 aromatic rings. The van der Waals surface area contributed by atoms with Crippen LogP contribution in [0.1, 0.15) is 32.6 Å². The molecule has 0 aromatic heterocycles. The Labute approximate surface area is 167 Å². The van der Waals surface area contributed by atoms with Crippen molar-refractivity contribution >= 4 is 21.9 Å². The number of para-hydroxylation sites is 1. The van der Waals surface area contributed by atoms with Gasteiger partial charge in [0, 0.05) is 12.8 Å². The number of ether oxygens (including phenoxy) is 5. The molecule has 0 amide bonds. The lowest BCUT2D eigenvalue weighted by Gasteiger charge is -2.43. The van der Waals surface area contributed by atoms with Crippen LogP contribution in [-0.4, -0.2) is 55.5 Å². The zero-order valence-electron chi connectivity index (χ0n) is 15.5. The van der Waals surface area contributed by atoms with Crippen LogP contribution in [0.25, 0.3) is 0 Å². The number of hydrogen-bond donors (Lipinski definition) is 1. The predicted octanol–water partition coefficient (Wildman–Crippen LogP) is 2.82. The van der Waals surface area contributed by atoms with Crippen LogP contribution >= 0.6 is 15.9 Å². The van der Waals surface area contributed by atoms with Crippen LogP contribution in [0.4, 0.5) is 0 Å². The minimum absolute atomic E-state index is 0.192. The number of aliphatic hydroxyl groups is 1. The minimum Gasteiger partial charge on any atom is -0.493 e. The minimum atomic E-state index is -1.40. The highest BCUT2D eigenvalue weighted by Crippen LogP contribution is 2.44. The zero-order valence-corrected chi connectivity index (χ0v) is 17.1. The monoisotopic (exact) mass is 444 g/mol. The van der Waals surface area contributed by atoms with Crippen LogP contribution in [0.15, 0.2) is 22.7 Å².